The van der Waals surface area contributed by atoms with Gasteiger partial charge in [-0.15, -0.1) is 0 Å². The second-order valence-corrected chi connectivity index (χ2v) is 6.26. The minimum Gasteiger partial charge on any atom is -0.313 e. The molecule has 1 aromatic rings. The summed E-state index contributed by atoms with van der Waals surface area (Å²) >= 11 is 0. The van der Waals surface area contributed by atoms with Crippen molar-refractivity contribution in [2.24, 2.45) is 5.92 Å². The first kappa shape index (κ1) is 15.6. The van der Waals surface area contributed by atoms with Crippen LogP contribution in [0.25, 0.3) is 0 Å². The van der Waals surface area contributed by atoms with Gasteiger partial charge in [-0.2, -0.15) is 5.10 Å². The van der Waals surface area contributed by atoms with E-state index in [0.717, 1.165) is 31.1 Å². The van der Waals surface area contributed by atoms with E-state index in [2.05, 4.69) is 41.9 Å². The zero-order chi connectivity index (χ0) is 14.4. The van der Waals surface area contributed by atoms with Gasteiger partial charge >= 0.3 is 0 Å². The molecule has 2 rings (SSSR count). The molecule has 0 spiro atoms. The molecule has 114 valence electrons. The third kappa shape index (κ3) is 4.08. The van der Waals surface area contributed by atoms with Gasteiger partial charge in [-0.25, -0.2) is 0 Å². The Bertz CT molecular complexity index is 391. The smallest absolute Gasteiger partial charge is 0.0596 e. The summed E-state index contributed by atoms with van der Waals surface area (Å²) in [4.78, 5) is 0. The Kier molecular flexibility index (Phi) is 6.08. The number of rotatable bonds is 7. The van der Waals surface area contributed by atoms with Gasteiger partial charge in [-0.3, -0.25) is 4.68 Å². The Morgan fingerprint density at radius 1 is 1.30 bits per heavy atom. The summed E-state index contributed by atoms with van der Waals surface area (Å²) in [6.07, 6.45) is 9.43. The molecule has 20 heavy (non-hydrogen) atoms. The van der Waals surface area contributed by atoms with Crippen molar-refractivity contribution in [2.75, 3.05) is 6.54 Å². The van der Waals surface area contributed by atoms with Crippen LogP contribution in [0.15, 0.2) is 6.07 Å². The number of aromatic nitrogens is 2. The lowest BCUT2D eigenvalue weighted by Gasteiger charge is -2.31. The average Bonchev–Trinajstić information content (AvgIpc) is 2.84. The molecule has 0 radical (unpaired) electrons. The molecule has 1 saturated carbocycles. The monoisotopic (exact) mass is 277 g/mol. The lowest BCUT2D eigenvalue weighted by atomic mass is 9.82. The Morgan fingerprint density at radius 3 is 2.70 bits per heavy atom. The number of nitrogens with one attached hydrogen (secondary N) is 1. The van der Waals surface area contributed by atoms with Crippen LogP contribution in [0, 0.1) is 12.8 Å². The molecule has 0 saturated heterocycles. The highest BCUT2D eigenvalue weighted by Crippen LogP contribution is 2.28. The number of hydrogen-bond acceptors (Lipinski definition) is 2. The lowest BCUT2D eigenvalue weighted by molar-refractivity contribution is 0.264. The second kappa shape index (κ2) is 7.82. The topological polar surface area (TPSA) is 29.9 Å². The van der Waals surface area contributed by atoms with Crippen LogP contribution in [-0.4, -0.2) is 22.4 Å². The maximum atomic E-state index is 4.60. The normalized spacial score (nSPS) is 18.4. The van der Waals surface area contributed by atoms with Crippen LogP contribution in [0.1, 0.15) is 63.8 Å². The summed E-state index contributed by atoms with van der Waals surface area (Å²) in [6.45, 7) is 8.66. The van der Waals surface area contributed by atoms with Crippen LogP contribution < -0.4 is 5.32 Å². The van der Waals surface area contributed by atoms with E-state index in [0.29, 0.717) is 6.04 Å². The molecular weight excluding hydrogens is 246 g/mol. The van der Waals surface area contributed by atoms with E-state index in [1.165, 1.54) is 44.2 Å². The third-order valence-corrected chi connectivity index (χ3v) is 4.59. The van der Waals surface area contributed by atoms with Crippen LogP contribution in [0.4, 0.5) is 0 Å². The summed E-state index contributed by atoms with van der Waals surface area (Å²) in [6, 6.07) is 2.91. The zero-order valence-corrected chi connectivity index (χ0v) is 13.5. The molecule has 1 atom stereocenters. The van der Waals surface area contributed by atoms with E-state index in [4.69, 9.17) is 0 Å². The van der Waals surface area contributed by atoms with Crippen LogP contribution in [0.5, 0.6) is 0 Å². The molecule has 0 amide bonds. The van der Waals surface area contributed by atoms with Gasteiger partial charge in [0.15, 0.2) is 0 Å². The maximum absolute atomic E-state index is 4.60. The van der Waals surface area contributed by atoms with Gasteiger partial charge in [-0.05, 0) is 51.6 Å². The Balaban J connectivity index is 2.05. The van der Waals surface area contributed by atoms with Crippen LogP contribution in [0.2, 0.25) is 0 Å². The quantitative estimate of drug-likeness (QED) is 0.823. The highest BCUT2D eigenvalue weighted by atomic mass is 15.3. The van der Waals surface area contributed by atoms with Gasteiger partial charge in [0.2, 0.25) is 0 Å². The predicted octanol–water partition coefficient (Wildman–Crippen LogP) is 3.70. The molecule has 3 heteroatoms. The van der Waals surface area contributed by atoms with Crippen LogP contribution in [0.3, 0.4) is 0 Å². The molecule has 1 aliphatic carbocycles. The molecular formula is C17H31N3. The van der Waals surface area contributed by atoms with Crippen molar-refractivity contribution in [3.05, 3.63) is 17.5 Å². The predicted molar refractivity (Wildman–Crippen MR) is 85.0 cm³/mol. The molecule has 1 fully saturated rings. The van der Waals surface area contributed by atoms with Crippen molar-refractivity contribution in [1.29, 1.82) is 0 Å². The number of aryl methyl sites for hydroxylation is 2. The van der Waals surface area contributed by atoms with Gasteiger partial charge in [0.05, 0.1) is 5.69 Å². The summed E-state index contributed by atoms with van der Waals surface area (Å²) in [5, 5.41) is 8.40. The van der Waals surface area contributed by atoms with Crippen molar-refractivity contribution in [1.82, 2.24) is 15.1 Å². The van der Waals surface area contributed by atoms with Crippen molar-refractivity contribution in [3.63, 3.8) is 0 Å². The fourth-order valence-electron chi connectivity index (χ4n) is 3.53. The standard InChI is InChI=1S/C17H31N3/c1-4-11-18-17(15-9-7-6-8-10-15)13-16-12-14(3)19-20(16)5-2/h12,15,17-18H,4-11,13H2,1-3H3. The maximum Gasteiger partial charge on any atom is 0.0596 e. The van der Waals surface area contributed by atoms with E-state index in [1.54, 1.807) is 0 Å². The summed E-state index contributed by atoms with van der Waals surface area (Å²) in [7, 11) is 0. The summed E-state index contributed by atoms with van der Waals surface area (Å²) < 4.78 is 2.18. The van der Waals surface area contributed by atoms with E-state index in [1.807, 2.05) is 0 Å². The molecule has 0 bridgehead atoms. The molecule has 1 aliphatic rings. The van der Waals surface area contributed by atoms with E-state index >= 15 is 0 Å². The molecule has 0 aromatic carbocycles. The molecule has 3 nitrogen and oxygen atoms in total. The Hall–Kier alpha value is -0.830. The van der Waals surface area contributed by atoms with Gasteiger partial charge in [0.1, 0.15) is 0 Å². The Morgan fingerprint density at radius 2 is 2.05 bits per heavy atom. The SMILES string of the molecule is CCCNC(Cc1cc(C)nn1CC)C1CCCCC1. The highest BCUT2D eigenvalue weighted by Gasteiger charge is 2.24. The molecule has 1 N–H and O–H groups in total. The van der Waals surface area contributed by atoms with Crippen molar-refractivity contribution in [3.8, 4) is 0 Å². The van der Waals surface area contributed by atoms with Gasteiger partial charge in [0, 0.05) is 24.7 Å². The lowest BCUT2D eigenvalue weighted by Crippen LogP contribution is -2.40. The first-order valence-corrected chi connectivity index (χ1v) is 8.51. The van der Waals surface area contributed by atoms with Crippen molar-refractivity contribution >= 4 is 0 Å². The summed E-state index contributed by atoms with van der Waals surface area (Å²) in [5.41, 5.74) is 2.56. The third-order valence-electron chi connectivity index (χ3n) is 4.59. The first-order chi connectivity index (χ1) is 9.74. The summed E-state index contributed by atoms with van der Waals surface area (Å²) in [5.74, 6) is 0.857. The van der Waals surface area contributed by atoms with Crippen LogP contribution >= 0.6 is 0 Å². The zero-order valence-electron chi connectivity index (χ0n) is 13.5. The van der Waals surface area contributed by atoms with Crippen molar-refractivity contribution in [2.45, 2.75) is 78.3 Å². The van der Waals surface area contributed by atoms with Gasteiger partial charge < -0.3 is 5.32 Å². The van der Waals surface area contributed by atoms with Crippen LogP contribution in [-0.2, 0) is 13.0 Å². The molecule has 1 heterocycles. The Labute approximate surface area is 124 Å². The molecule has 1 aromatic heterocycles. The first-order valence-electron chi connectivity index (χ1n) is 8.51. The number of nitrogens with zero attached hydrogens (tertiary/aromatic N) is 2. The largest absolute Gasteiger partial charge is 0.313 e. The second-order valence-electron chi connectivity index (χ2n) is 6.26. The molecule has 1 unspecified atom stereocenters. The van der Waals surface area contributed by atoms with Crippen molar-refractivity contribution < 1.29 is 0 Å². The fourth-order valence-corrected chi connectivity index (χ4v) is 3.53. The van der Waals surface area contributed by atoms with E-state index in [9.17, 15) is 0 Å². The average molecular weight is 277 g/mol. The minimum absolute atomic E-state index is 0.636. The molecule has 0 aliphatic heterocycles. The highest BCUT2D eigenvalue weighted by molar-refractivity contribution is 5.11. The van der Waals surface area contributed by atoms with E-state index in [-0.39, 0.29) is 0 Å². The van der Waals surface area contributed by atoms with Gasteiger partial charge in [0.25, 0.3) is 0 Å². The van der Waals surface area contributed by atoms with Gasteiger partial charge in [-0.1, -0.05) is 26.2 Å². The minimum atomic E-state index is 0.636. The fraction of sp³-hybridized carbons (Fsp3) is 0.824. The van der Waals surface area contributed by atoms with E-state index < -0.39 is 0 Å². The number of hydrogen-bond donors (Lipinski definition) is 1.